The van der Waals surface area contributed by atoms with E-state index in [0.29, 0.717) is 6.54 Å². The maximum absolute atomic E-state index is 13.9. The smallest absolute Gasteiger partial charge is 0.257 e. The Morgan fingerprint density at radius 3 is 2.81 bits per heavy atom. The van der Waals surface area contributed by atoms with Crippen molar-refractivity contribution in [1.29, 1.82) is 0 Å². The topological polar surface area (TPSA) is 32.3 Å². The van der Waals surface area contributed by atoms with Gasteiger partial charge in [-0.2, -0.15) is 0 Å². The highest BCUT2D eigenvalue weighted by molar-refractivity contribution is 5.94. The maximum Gasteiger partial charge on any atom is 0.257 e. The highest BCUT2D eigenvalue weighted by Gasteiger charge is 2.35. The first-order valence-corrected chi connectivity index (χ1v) is 7.67. The summed E-state index contributed by atoms with van der Waals surface area (Å²) < 4.78 is 27.2. The Labute approximate surface area is 123 Å². The van der Waals surface area contributed by atoms with Gasteiger partial charge in [0.2, 0.25) is 0 Å². The normalized spacial score (nSPS) is 26.1. The molecule has 21 heavy (non-hydrogen) atoms. The summed E-state index contributed by atoms with van der Waals surface area (Å²) >= 11 is 0. The van der Waals surface area contributed by atoms with Gasteiger partial charge in [0.15, 0.2) is 11.6 Å². The molecule has 0 aliphatic carbocycles. The number of amides is 1. The number of hydrogen-bond donors (Lipinski definition) is 1. The number of halogens is 2. The number of nitrogens with zero attached hydrogens (tertiary/aromatic N) is 1. The Kier molecular flexibility index (Phi) is 4.19. The first-order valence-electron chi connectivity index (χ1n) is 7.67. The summed E-state index contributed by atoms with van der Waals surface area (Å²) in [7, 11) is 0. The van der Waals surface area contributed by atoms with Crippen LogP contribution < -0.4 is 5.32 Å². The molecule has 2 heterocycles. The fraction of sp³-hybridized carbons (Fsp3) is 0.562. The van der Waals surface area contributed by atoms with Crippen LogP contribution in [-0.2, 0) is 0 Å². The molecule has 0 saturated carbocycles. The molecule has 2 fully saturated rings. The van der Waals surface area contributed by atoms with E-state index in [9.17, 15) is 13.6 Å². The van der Waals surface area contributed by atoms with Crippen LogP contribution in [0.25, 0.3) is 0 Å². The van der Waals surface area contributed by atoms with Crippen molar-refractivity contribution in [2.24, 2.45) is 0 Å². The second-order valence-corrected chi connectivity index (χ2v) is 5.87. The van der Waals surface area contributed by atoms with E-state index < -0.39 is 11.6 Å². The van der Waals surface area contributed by atoms with E-state index in [2.05, 4.69) is 5.32 Å². The molecule has 5 heteroatoms. The molecule has 1 amide bonds. The lowest BCUT2D eigenvalue weighted by Gasteiger charge is -2.39. The largest absolute Gasteiger partial charge is 0.334 e. The van der Waals surface area contributed by atoms with E-state index in [1.807, 2.05) is 0 Å². The molecule has 2 saturated heterocycles. The molecule has 3 rings (SSSR count). The van der Waals surface area contributed by atoms with Gasteiger partial charge in [0.1, 0.15) is 0 Å². The van der Waals surface area contributed by atoms with Crippen LogP contribution >= 0.6 is 0 Å². The quantitative estimate of drug-likeness (QED) is 0.909. The van der Waals surface area contributed by atoms with Crippen LogP contribution in [0.4, 0.5) is 8.78 Å². The molecule has 0 bridgehead atoms. The SMILES string of the molecule is O=C(c1cccc(F)c1F)N1CCCCC1C1CCCN1. The van der Waals surface area contributed by atoms with Crippen molar-refractivity contribution in [1.82, 2.24) is 10.2 Å². The number of piperidine rings is 1. The summed E-state index contributed by atoms with van der Waals surface area (Å²) in [6, 6.07) is 4.17. The summed E-state index contributed by atoms with van der Waals surface area (Å²) in [6.45, 7) is 1.59. The van der Waals surface area contributed by atoms with Crippen molar-refractivity contribution in [2.45, 2.75) is 44.2 Å². The van der Waals surface area contributed by atoms with Crippen LogP contribution in [0.1, 0.15) is 42.5 Å². The number of carbonyl (C=O) groups excluding carboxylic acids is 1. The Morgan fingerprint density at radius 2 is 2.05 bits per heavy atom. The van der Waals surface area contributed by atoms with Gasteiger partial charge in [-0.1, -0.05) is 6.07 Å². The van der Waals surface area contributed by atoms with Crippen LogP contribution in [0, 0.1) is 11.6 Å². The van der Waals surface area contributed by atoms with E-state index in [-0.39, 0.29) is 23.6 Å². The van der Waals surface area contributed by atoms with Gasteiger partial charge >= 0.3 is 0 Å². The lowest BCUT2D eigenvalue weighted by atomic mass is 9.93. The summed E-state index contributed by atoms with van der Waals surface area (Å²) in [6.07, 6.45) is 5.09. The summed E-state index contributed by atoms with van der Waals surface area (Å²) in [5.41, 5.74) is -0.153. The summed E-state index contributed by atoms with van der Waals surface area (Å²) in [5.74, 6) is -2.38. The number of hydrogen-bond acceptors (Lipinski definition) is 2. The van der Waals surface area contributed by atoms with E-state index in [0.717, 1.165) is 44.7 Å². The highest BCUT2D eigenvalue weighted by atomic mass is 19.2. The van der Waals surface area contributed by atoms with Gasteiger partial charge in [0.25, 0.3) is 5.91 Å². The zero-order valence-corrected chi connectivity index (χ0v) is 11.9. The van der Waals surface area contributed by atoms with E-state index in [1.54, 1.807) is 4.90 Å². The molecule has 3 nitrogen and oxygen atoms in total. The fourth-order valence-electron chi connectivity index (χ4n) is 3.49. The van der Waals surface area contributed by atoms with Crippen LogP contribution in [0.3, 0.4) is 0 Å². The third-order valence-corrected chi connectivity index (χ3v) is 4.55. The maximum atomic E-state index is 13.9. The molecule has 0 spiro atoms. The molecule has 0 radical (unpaired) electrons. The summed E-state index contributed by atoms with van der Waals surface area (Å²) in [4.78, 5) is 14.4. The van der Waals surface area contributed by atoms with Crippen molar-refractivity contribution in [3.8, 4) is 0 Å². The molecule has 1 aromatic rings. The lowest BCUT2D eigenvalue weighted by molar-refractivity contribution is 0.0558. The van der Waals surface area contributed by atoms with Crippen molar-refractivity contribution < 1.29 is 13.6 Å². The number of carbonyl (C=O) groups is 1. The van der Waals surface area contributed by atoms with Crippen LogP contribution in [0.5, 0.6) is 0 Å². The van der Waals surface area contributed by atoms with Gasteiger partial charge in [-0.15, -0.1) is 0 Å². The van der Waals surface area contributed by atoms with E-state index >= 15 is 0 Å². The van der Waals surface area contributed by atoms with Crippen molar-refractivity contribution in [3.05, 3.63) is 35.4 Å². The van der Waals surface area contributed by atoms with Gasteiger partial charge in [0, 0.05) is 18.6 Å². The molecule has 0 aromatic heterocycles. The highest BCUT2D eigenvalue weighted by Crippen LogP contribution is 2.26. The molecule has 114 valence electrons. The second kappa shape index (κ2) is 6.10. The monoisotopic (exact) mass is 294 g/mol. The zero-order valence-electron chi connectivity index (χ0n) is 11.9. The molecule has 2 atom stereocenters. The summed E-state index contributed by atoms with van der Waals surface area (Å²) in [5, 5.41) is 3.43. The van der Waals surface area contributed by atoms with Crippen LogP contribution in [0.15, 0.2) is 18.2 Å². The predicted octanol–water partition coefficient (Wildman–Crippen LogP) is 2.71. The first-order chi connectivity index (χ1) is 10.2. The minimum atomic E-state index is -1.04. The number of benzene rings is 1. The number of likely N-dealkylation sites (tertiary alicyclic amines) is 1. The van der Waals surface area contributed by atoms with E-state index in [4.69, 9.17) is 0 Å². The second-order valence-electron chi connectivity index (χ2n) is 5.87. The molecule has 1 N–H and O–H groups in total. The van der Waals surface area contributed by atoms with Crippen molar-refractivity contribution >= 4 is 5.91 Å². The number of rotatable bonds is 2. The van der Waals surface area contributed by atoms with Gasteiger partial charge in [0.05, 0.1) is 5.56 Å². The molecular formula is C16H20F2N2O. The average molecular weight is 294 g/mol. The van der Waals surface area contributed by atoms with Crippen LogP contribution in [-0.4, -0.2) is 36.0 Å². The predicted molar refractivity (Wildman–Crippen MR) is 76.1 cm³/mol. The third kappa shape index (κ3) is 2.79. The molecule has 2 unspecified atom stereocenters. The zero-order chi connectivity index (χ0) is 14.8. The Hall–Kier alpha value is -1.49. The standard InChI is InChI=1S/C16H20F2N2O/c17-12-6-3-5-11(15(12)18)16(21)20-10-2-1-8-14(20)13-7-4-9-19-13/h3,5-6,13-14,19H,1-2,4,7-10H2. The fourth-order valence-corrected chi connectivity index (χ4v) is 3.49. The Bertz CT molecular complexity index is 529. The molecular weight excluding hydrogens is 274 g/mol. The molecule has 2 aliphatic heterocycles. The van der Waals surface area contributed by atoms with Gasteiger partial charge < -0.3 is 10.2 Å². The number of nitrogens with one attached hydrogen (secondary N) is 1. The lowest BCUT2D eigenvalue weighted by Crippen LogP contribution is -2.52. The Morgan fingerprint density at radius 1 is 1.19 bits per heavy atom. The van der Waals surface area contributed by atoms with Gasteiger partial charge in [-0.25, -0.2) is 8.78 Å². The molecule has 2 aliphatic rings. The van der Waals surface area contributed by atoms with Crippen LogP contribution in [0.2, 0.25) is 0 Å². The average Bonchev–Trinajstić information content (AvgIpc) is 3.03. The minimum Gasteiger partial charge on any atom is -0.334 e. The van der Waals surface area contributed by atoms with Crippen molar-refractivity contribution in [2.75, 3.05) is 13.1 Å². The van der Waals surface area contributed by atoms with Gasteiger partial charge in [-0.3, -0.25) is 4.79 Å². The Balaban J connectivity index is 1.85. The van der Waals surface area contributed by atoms with Crippen molar-refractivity contribution in [3.63, 3.8) is 0 Å². The first kappa shape index (κ1) is 14.4. The van der Waals surface area contributed by atoms with Gasteiger partial charge in [-0.05, 0) is 50.8 Å². The van der Waals surface area contributed by atoms with E-state index in [1.165, 1.54) is 12.1 Å². The third-order valence-electron chi connectivity index (χ3n) is 4.55. The molecule has 1 aromatic carbocycles. The minimum absolute atomic E-state index is 0.0939.